The molecular weight excluding hydrogens is 574 g/mol. The molecule has 1 aliphatic carbocycles. The Morgan fingerprint density at radius 1 is 0.511 bits per heavy atom. The number of allylic oxidation sites excluding steroid dienone is 1. The van der Waals surface area contributed by atoms with E-state index in [2.05, 4.69) is 84.9 Å². The Hall–Kier alpha value is -6.13. The molecule has 1 unspecified atom stereocenters. The lowest BCUT2D eigenvalue weighted by Crippen LogP contribution is -2.04. The molecule has 9 rings (SSSR count). The van der Waals surface area contributed by atoms with Gasteiger partial charge in [0.05, 0.1) is 0 Å². The maximum Gasteiger partial charge on any atom is 0.164 e. The van der Waals surface area contributed by atoms with Gasteiger partial charge in [-0.2, -0.15) is 0 Å². The van der Waals surface area contributed by atoms with Crippen molar-refractivity contribution in [1.82, 2.24) is 15.0 Å². The number of aromatic nitrogens is 3. The second-order valence-electron chi connectivity index (χ2n) is 12.0. The molecule has 8 aromatic rings. The maximum absolute atomic E-state index is 6.69. The molecule has 4 nitrogen and oxygen atoms in total. The number of hydrogen-bond acceptors (Lipinski definition) is 4. The van der Waals surface area contributed by atoms with Crippen LogP contribution >= 0.6 is 0 Å². The van der Waals surface area contributed by atoms with Crippen LogP contribution in [0.3, 0.4) is 0 Å². The number of fused-ring (bicyclic) bond motifs is 4. The molecule has 0 radical (unpaired) electrons. The summed E-state index contributed by atoms with van der Waals surface area (Å²) < 4.78 is 6.69. The summed E-state index contributed by atoms with van der Waals surface area (Å²) in [7, 11) is 0. The zero-order valence-electron chi connectivity index (χ0n) is 25.5. The Morgan fingerprint density at radius 2 is 1.15 bits per heavy atom. The van der Waals surface area contributed by atoms with Gasteiger partial charge in [-0.05, 0) is 46.0 Å². The molecule has 2 aromatic heterocycles. The second-order valence-corrected chi connectivity index (χ2v) is 12.0. The predicted molar refractivity (Wildman–Crippen MR) is 191 cm³/mol. The van der Waals surface area contributed by atoms with Crippen molar-refractivity contribution in [1.29, 1.82) is 0 Å². The van der Waals surface area contributed by atoms with Gasteiger partial charge in [0.25, 0.3) is 0 Å². The fourth-order valence-electron chi connectivity index (χ4n) is 6.72. The minimum atomic E-state index is 0.110. The highest BCUT2D eigenvalue weighted by Crippen LogP contribution is 2.44. The van der Waals surface area contributed by atoms with Gasteiger partial charge in [-0.1, -0.05) is 146 Å². The Morgan fingerprint density at radius 3 is 1.87 bits per heavy atom. The zero-order valence-corrected chi connectivity index (χ0v) is 25.5. The van der Waals surface area contributed by atoms with Gasteiger partial charge in [-0.15, -0.1) is 0 Å². The number of rotatable bonds is 5. The van der Waals surface area contributed by atoms with E-state index in [-0.39, 0.29) is 5.92 Å². The van der Waals surface area contributed by atoms with Gasteiger partial charge in [0.1, 0.15) is 11.3 Å². The van der Waals surface area contributed by atoms with Gasteiger partial charge in [0.15, 0.2) is 17.5 Å². The van der Waals surface area contributed by atoms with E-state index in [0.717, 1.165) is 45.4 Å². The lowest BCUT2D eigenvalue weighted by molar-refractivity contribution is 0.517. The molecule has 0 fully saturated rings. The molecule has 222 valence electrons. The molecule has 2 heterocycles. The topological polar surface area (TPSA) is 51.8 Å². The Kier molecular flexibility index (Phi) is 6.57. The van der Waals surface area contributed by atoms with Crippen LogP contribution in [-0.4, -0.2) is 15.0 Å². The summed E-state index contributed by atoms with van der Waals surface area (Å²) in [5, 5.41) is 3.53. The van der Waals surface area contributed by atoms with Crippen molar-refractivity contribution in [2.45, 2.75) is 12.3 Å². The minimum absolute atomic E-state index is 0.110. The highest BCUT2D eigenvalue weighted by molar-refractivity contribution is 6.00. The minimum Gasteiger partial charge on any atom is -0.460 e. The Bertz CT molecular complexity index is 2370. The first kappa shape index (κ1) is 27.2. The van der Waals surface area contributed by atoms with Crippen molar-refractivity contribution in [3.05, 3.63) is 169 Å². The third-order valence-corrected chi connectivity index (χ3v) is 9.09. The fourth-order valence-corrected chi connectivity index (χ4v) is 6.72. The molecule has 4 heteroatoms. The van der Waals surface area contributed by atoms with Crippen LogP contribution in [0.4, 0.5) is 0 Å². The van der Waals surface area contributed by atoms with Crippen LogP contribution in [0, 0.1) is 0 Å². The van der Waals surface area contributed by atoms with Crippen molar-refractivity contribution in [3.8, 4) is 45.3 Å². The normalized spacial score (nSPS) is 14.0. The van der Waals surface area contributed by atoms with Crippen LogP contribution in [0.1, 0.15) is 29.2 Å². The molecule has 0 spiro atoms. The number of hydrogen-bond donors (Lipinski definition) is 0. The van der Waals surface area contributed by atoms with Gasteiger partial charge in [0.2, 0.25) is 0 Å². The van der Waals surface area contributed by atoms with Crippen molar-refractivity contribution in [2.75, 3.05) is 0 Å². The average molecular weight is 604 g/mol. The Labute approximate surface area is 272 Å². The van der Waals surface area contributed by atoms with E-state index in [1.165, 1.54) is 27.5 Å². The van der Waals surface area contributed by atoms with E-state index in [9.17, 15) is 0 Å². The summed E-state index contributed by atoms with van der Waals surface area (Å²) in [6, 6.07) is 50.4. The van der Waals surface area contributed by atoms with Gasteiger partial charge >= 0.3 is 0 Å². The van der Waals surface area contributed by atoms with E-state index in [1.54, 1.807) is 0 Å². The molecule has 0 saturated heterocycles. The van der Waals surface area contributed by atoms with Crippen LogP contribution in [-0.2, 0) is 0 Å². The summed E-state index contributed by atoms with van der Waals surface area (Å²) in [5.74, 6) is 3.00. The second kappa shape index (κ2) is 11.3. The predicted octanol–water partition coefficient (Wildman–Crippen LogP) is 11.0. The quantitative estimate of drug-likeness (QED) is 0.196. The van der Waals surface area contributed by atoms with Crippen molar-refractivity contribution in [2.24, 2.45) is 0 Å². The largest absolute Gasteiger partial charge is 0.460 e. The smallest absolute Gasteiger partial charge is 0.164 e. The highest BCUT2D eigenvalue weighted by Gasteiger charge is 2.27. The van der Waals surface area contributed by atoms with Gasteiger partial charge in [-0.3, -0.25) is 0 Å². The first-order valence-electron chi connectivity index (χ1n) is 16.0. The molecule has 0 saturated carbocycles. The number of furan rings is 1. The molecule has 0 N–H and O–H groups in total. The average Bonchev–Trinajstić information content (AvgIpc) is 3.55. The summed E-state index contributed by atoms with van der Waals surface area (Å²) in [6.07, 6.45) is 5.33. The first-order valence-corrected chi connectivity index (χ1v) is 16.0. The van der Waals surface area contributed by atoms with E-state index in [4.69, 9.17) is 19.4 Å². The fraction of sp³-hybridized carbons (Fsp3) is 0.0465. The standard InChI is InChI=1S/C43H29N3O/c1-3-12-31(13-4-1)41-44-42(32-14-5-2-6-15-32)46-43(45-41)37-19-10-20-38-39(37)36-18-9-17-35(40(36)47-38)30-24-21-29(22-25-30)34-26-23-28-11-7-8-16-33(28)27-34/h1-16,18-27,35H,17H2. The van der Waals surface area contributed by atoms with Crippen LogP contribution < -0.4 is 0 Å². The van der Waals surface area contributed by atoms with Crippen LogP contribution in [0.5, 0.6) is 0 Å². The van der Waals surface area contributed by atoms with Crippen LogP contribution in [0.15, 0.2) is 156 Å². The molecule has 0 aliphatic heterocycles. The molecular formula is C43H29N3O. The van der Waals surface area contributed by atoms with E-state index in [0.29, 0.717) is 17.5 Å². The number of nitrogens with zero attached hydrogens (tertiary/aromatic N) is 3. The van der Waals surface area contributed by atoms with E-state index < -0.39 is 0 Å². The van der Waals surface area contributed by atoms with Gasteiger partial charge < -0.3 is 4.42 Å². The summed E-state index contributed by atoms with van der Waals surface area (Å²) in [4.78, 5) is 14.9. The zero-order chi connectivity index (χ0) is 31.2. The Balaban J connectivity index is 1.13. The number of benzene rings is 6. The molecule has 0 bridgehead atoms. The monoisotopic (exact) mass is 603 g/mol. The van der Waals surface area contributed by atoms with Crippen molar-refractivity contribution in [3.63, 3.8) is 0 Å². The summed E-state index contributed by atoms with van der Waals surface area (Å²) in [6.45, 7) is 0. The third-order valence-electron chi connectivity index (χ3n) is 9.09. The first-order chi connectivity index (χ1) is 23.3. The molecule has 1 atom stereocenters. The molecule has 1 aliphatic rings. The van der Waals surface area contributed by atoms with E-state index in [1.807, 2.05) is 72.8 Å². The lowest BCUT2D eigenvalue weighted by Gasteiger charge is -2.18. The van der Waals surface area contributed by atoms with Crippen molar-refractivity contribution >= 4 is 27.8 Å². The van der Waals surface area contributed by atoms with Gasteiger partial charge in [-0.25, -0.2) is 15.0 Å². The van der Waals surface area contributed by atoms with E-state index >= 15 is 0 Å². The van der Waals surface area contributed by atoms with Gasteiger partial charge in [0, 0.05) is 33.6 Å². The third kappa shape index (κ3) is 4.91. The SMILES string of the molecule is C1=Cc2c(oc3cccc(-c4nc(-c5ccccc5)nc(-c5ccccc5)n4)c23)C(c2ccc(-c3ccc4ccccc4c3)cc2)C1. The molecule has 6 aromatic carbocycles. The van der Waals surface area contributed by atoms with Crippen LogP contribution in [0.2, 0.25) is 0 Å². The maximum atomic E-state index is 6.69. The lowest BCUT2D eigenvalue weighted by atomic mass is 9.85. The molecule has 47 heavy (non-hydrogen) atoms. The van der Waals surface area contributed by atoms with Crippen LogP contribution in [0.25, 0.3) is 73.1 Å². The summed E-state index contributed by atoms with van der Waals surface area (Å²) >= 11 is 0. The molecule has 0 amide bonds. The summed E-state index contributed by atoms with van der Waals surface area (Å²) in [5.41, 5.74) is 8.41. The highest BCUT2D eigenvalue weighted by atomic mass is 16.3. The van der Waals surface area contributed by atoms with Crippen molar-refractivity contribution < 1.29 is 4.42 Å².